The summed E-state index contributed by atoms with van der Waals surface area (Å²) in [6.07, 6.45) is 5.55. The van der Waals surface area contributed by atoms with Crippen molar-refractivity contribution in [1.82, 2.24) is 0 Å². The van der Waals surface area contributed by atoms with Gasteiger partial charge in [-0.2, -0.15) is 0 Å². The van der Waals surface area contributed by atoms with Crippen LogP contribution in [0.5, 0.6) is 0 Å². The molecule has 0 aromatic heterocycles. The normalized spacial score (nSPS) is 18.2. The molecule has 0 heterocycles. The SMILES string of the molecule is COC(=O)C1(CCCN=[N+]=[N-])CCCC1. The van der Waals surface area contributed by atoms with Crippen LogP contribution in [0.25, 0.3) is 10.4 Å². The monoisotopic (exact) mass is 211 g/mol. The second kappa shape index (κ2) is 5.61. The van der Waals surface area contributed by atoms with Gasteiger partial charge in [0.1, 0.15) is 0 Å². The number of esters is 1. The van der Waals surface area contributed by atoms with Crippen molar-refractivity contribution in [2.24, 2.45) is 10.5 Å². The zero-order valence-electron chi connectivity index (χ0n) is 9.11. The Balaban J connectivity index is 2.50. The fraction of sp³-hybridized carbons (Fsp3) is 0.900. The third-order valence-electron chi connectivity index (χ3n) is 3.16. The molecule has 84 valence electrons. The number of hydrogen-bond donors (Lipinski definition) is 0. The molecule has 0 unspecified atom stereocenters. The molecule has 0 bridgehead atoms. The molecule has 5 nitrogen and oxygen atoms in total. The van der Waals surface area contributed by atoms with E-state index in [0.717, 1.165) is 38.5 Å². The lowest BCUT2D eigenvalue weighted by Crippen LogP contribution is -2.29. The Morgan fingerprint density at radius 1 is 1.53 bits per heavy atom. The fourth-order valence-electron chi connectivity index (χ4n) is 2.36. The lowest BCUT2D eigenvalue weighted by atomic mass is 9.81. The van der Waals surface area contributed by atoms with Crippen LogP contribution < -0.4 is 0 Å². The first-order valence-corrected chi connectivity index (χ1v) is 5.34. The second-order valence-corrected chi connectivity index (χ2v) is 4.04. The van der Waals surface area contributed by atoms with Crippen molar-refractivity contribution in [3.05, 3.63) is 10.4 Å². The van der Waals surface area contributed by atoms with E-state index in [0.29, 0.717) is 6.54 Å². The molecule has 0 spiro atoms. The van der Waals surface area contributed by atoms with Crippen molar-refractivity contribution < 1.29 is 9.53 Å². The first-order chi connectivity index (χ1) is 7.25. The van der Waals surface area contributed by atoms with Gasteiger partial charge in [-0.1, -0.05) is 18.0 Å². The number of nitrogens with zero attached hydrogens (tertiary/aromatic N) is 3. The van der Waals surface area contributed by atoms with E-state index in [-0.39, 0.29) is 11.4 Å². The number of carbonyl (C=O) groups excluding carboxylic acids is 1. The molecule has 15 heavy (non-hydrogen) atoms. The average molecular weight is 211 g/mol. The van der Waals surface area contributed by atoms with E-state index >= 15 is 0 Å². The molecule has 1 fully saturated rings. The molecule has 0 N–H and O–H groups in total. The van der Waals surface area contributed by atoms with Gasteiger partial charge >= 0.3 is 5.97 Å². The van der Waals surface area contributed by atoms with Crippen molar-refractivity contribution in [3.63, 3.8) is 0 Å². The number of rotatable bonds is 5. The molecule has 0 aliphatic heterocycles. The minimum absolute atomic E-state index is 0.0964. The van der Waals surface area contributed by atoms with E-state index in [2.05, 4.69) is 10.0 Å². The highest BCUT2D eigenvalue weighted by Crippen LogP contribution is 2.42. The van der Waals surface area contributed by atoms with Crippen LogP contribution >= 0.6 is 0 Å². The highest BCUT2D eigenvalue weighted by atomic mass is 16.5. The van der Waals surface area contributed by atoms with Gasteiger partial charge in [0.2, 0.25) is 0 Å². The minimum atomic E-state index is -0.292. The maximum atomic E-state index is 11.7. The molecule has 1 rings (SSSR count). The molecule has 0 saturated heterocycles. The molecule has 1 aliphatic rings. The van der Waals surface area contributed by atoms with Gasteiger partial charge in [-0.25, -0.2) is 0 Å². The van der Waals surface area contributed by atoms with Gasteiger partial charge in [0.05, 0.1) is 12.5 Å². The summed E-state index contributed by atoms with van der Waals surface area (Å²) >= 11 is 0. The van der Waals surface area contributed by atoms with Crippen LogP contribution in [-0.4, -0.2) is 19.6 Å². The van der Waals surface area contributed by atoms with E-state index in [9.17, 15) is 4.79 Å². The summed E-state index contributed by atoms with van der Waals surface area (Å²) in [6.45, 7) is 0.468. The third kappa shape index (κ3) is 2.86. The lowest BCUT2D eigenvalue weighted by Gasteiger charge is -2.25. The lowest BCUT2D eigenvalue weighted by molar-refractivity contribution is -0.153. The highest BCUT2D eigenvalue weighted by molar-refractivity contribution is 5.77. The summed E-state index contributed by atoms with van der Waals surface area (Å²) in [5.41, 5.74) is 7.85. The molecule has 5 heteroatoms. The Morgan fingerprint density at radius 2 is 2.20 bits per heavy atom. The van der Waals surface area contributed by atoms with Gasteiger partial charge in [0.25, 0.3) is 0 Å². The summed E-state index contributed by atoms with van der Waals surface area (Å²) in [4.78, 5) is 14.4. The van der Waals surface area contributed by atoms with Crippen molar-refractivity contribution in [3.8, 4) is 0 Å². The molecule has 0 radical (unpaired) electrons. The Hall–Kier alpha value is -1.22. The molecule has 0 amide bonds. The number of hydrogen-bond acceptors (Lipinski definition) is 3. The number of ether oxygens (including phenoxy) is 1. The molecule has 0 aromatic carbocycles. The van der Waals surface area contributed by atoms with Crippen LogP contribution in [-0.2, 0) is 9.53 Å². The third-order valence-corrected chi connectivity index (χ3v) is 3.16. The summed E-state index contributed by atoms with van der Waals surface area (Å²) in [7, 11) is 1.44. The summed E-state index contributed by atoms with van der Waals surface area (Å²) in [5, 5.41) is 3.48. The first kappa shape index (κ1) is 11.9. The largest absolute Gasteiger partial charge is 0.469 e. The van der Waals surface area contributed by atoms with Gasteiger partial charge in [-0.3, -0.25) is 4.79 Å². The minimum Gasteiger partial charge on any atom is -0.469 e. The Kier molecular flexibility index (Phi) is 4.43. The maximum Gasteiger partial charge on any atom is 0.311 e. The zero-order valence-corrected chi connectivity index (χ0v) is 9.11. The van der Waals surface area contributed by atoms with Crippen LogP contribution in [0.4, 0.5) is 0 Å². The summed E-state index contributed by atoms with van der Waals surface area (Å²) < 4.78 is 4.85. The zero-order chi connectivity index (χ0) is 11.1. The van der Waals surface area contributed by atoms with Crippen molar-refractivity contribution in [1.29, 1.82) is 0 Å². The van der Waals surface area contributed by atoms with Crippen LogP contribution in [0.15, 0.2) is 5.11 Å². The predicted octanol–water partition coefficient (Wildman–Crippen LogP) is 2.81. The van der Waals surface area contributed by atoms with Crippen LogP contribution in [0, 0.1) is 5.41 Å². The van der Waals surface area contributed by atoms with Gasteiger partial charge in [-0.05, 0) is 31.2 Å². The van der Waals surface area contributed by atoms with E-state index < -0.39 is 0 Å². The van der Waals surface area contributed by atoms with Crippen molar-refractivity contribution in [2.45, 2.75) is 38.5 Å². The first-order valence-electron chi connectivity index (χ1n) is 5.34. The fourth-order valence-corrected chi connectivity index (χ4v) is 2.36. The quantitative estimate of drug-likeness (QED) is 0.230. The molecule has 1 saturated carbocycles. The predicted molar refractivity (Wildman–Crippen MR) is 56.2 cm³/mol. The van der Waals surface area contributed by atoms with Gasteiger partial charge in [0, 0.05) is 11.5 Å². The van der Waals surface area contributed by atoms with E-state index in [1.807, 2.05) is 0 Å². The maximum absolute atomic E-state index is 11.7. The van der Waals surface area contributed by atoms with Gasteiger partial charge in [0.15, 0.2) is 0 Å². The van der Waals surface area contributed by atoms with Crippen molar-refractivity contribution in [2.75, 3.05) is 13.7 Å². The summed E-state index contributed by atoms with van der Waals surface area (Å²) in [6, 6.07) is 0. The van der Waals surface area contributed by atoms with Crippen molar-refractivity contribution >= 4 is 5.97 Å². The van der Waals surface area contributed by atoms with Gasteiger partial charge in [-0.15, -0.1) is 0 Å². The number of azide groups is 1. The smallest absolute Gasteiger partial charge is 0.311 e. The Bertz CT molecular complexity index is 266. The topological polar surface area (TPSA) is 75.1 Å². The molecular weight excluding hydrogens is 194 g/mol. The number of carbonyl (C=O) groups is 1. The molecule has 0 aromatic rings. The van der Waals surface area contributed by atoms with E-state index in [4.69, 9.17) is 10.3 Å². The van der Waals surface area contributed by atoms with E-state index in [1.165, 1.54) is 7.11 Å². The van der Waals surface area contributed by atoms with Crippen LogP contribution in [0.2, 0.25) is 0 Å². The van der Waals surface area contributed by atoms with E-state index in [1.54, 1.807) is 0 Å². The molecular formula is C10H17N3O2. The number of methoxy groups -OCH3 is 1. The summed E-state index contributed by atoms with van der Waals surface area (Å²) in [5.74, 6) is -0.0964. The highest BCUT2D eigenvalue weighted by Gasteiger charge is 2.41. The van der Waals surface area contributed by atoms with Crippen LogP contribution in [0.1, 0.15) is 38.5 Å². The Labute approximate surface area is 89.4 Å². The Morgan fingerprint density at radius 3 is 2.73 bits per heavy atom. The standard InChI is InChI=1S/C10H17N3O2/c1-15-9(14)10(5-2-3-6-10)7-4-8-12-13-11/h2-8H2,1H3. The van der Waals surface area contributed by atoms with Gasteiger partial charge < -0.3 is 4.74 Å². The van der Waals surface area contributed by atoms with Crippen LogP contribution in [0.3, 0.4) is 0 Å². The second-order valence-electron chi connectivity index (χ2n) is 4.04. The molecule has 1 aliphatic carbocycles. The molecule has 0 atom stereocenters. The average Bonchev–Trinajstić information content (AvgIpc) is 2.73.